The van der Waals surface area contributed by atoms with E-state index < -0.39 is 0 Å². The van der Waals surface area contributed by atoms with E-state index in [0.29, 0.717) is 0 Å². The van der Waals surface area contributed by atoms with Gasteiger partial charge >= 0.3 is 0 Å². The molecule has 2 aromatic rings. The molecule has 0 aliphatic carbocycles. The van der Waals surface area contributed by atoms with Crippen molar-refractivity contribution < 1.29 is 4.42 Å². The van der Waals surface area contributed by atoms with E-state index >= 15 is 0 Å². The molecular formula is C15H18ClNOS. The van der Waals surface area contributed by atoms with E-state index in [1.165, 1.54) is 5.56 Å². The molecule has 0 saturated carbocycles. The van der Waals surface area contributed by atoms with Gasteiger partial charge < -0.3 is 9.73 Å². The lowest BCUT2D eigenvalue weighted by Gasteiger charge is -2.11. The molecule has 19 heavy (non-hydrogen) atoms. The Morgan fingerprint density at radius 1 is 1.32 bits per heavy atom. The average Bonchev–Trinajstić information content (AvgIpc) is 2.79. The molecule has 0 radical (unpaired) electrons. The Morgan fingerprint density at radius 2 is 2.16 bits per heavy atom. The summed E-state index contributed by atoms with van der Waals surface area (Å²) < 4.78 is 5.34. The van der Waals surface area contributed by atoms with Crippen molar-refractivity contribution in [1.82, 2.24) is 5.32 Å². The van der Waals surface area contributed by atoms with Crippen LogP contribution in [0.1, 0.15) is 24.7 Å². The smallest absolute Gasteiger partial charge is 0.114 e. The van der Waals surface area contributed by atoms with Crippen LogP contribution in [0.2, 0.25) is 5.02 Å². The van der Waals surface area contributed by atoms with Crippen molar-refractivity contribution in [3.05, 3.63) is 46.9 Å². The second-order valence-corrected chi connectivity index (χ2v) is 5.81. The third-order valence-corrected chi connectivity index (χ3v) is 4.57. The number of hydrogen-bond acceptors (Lipinski definition) is 3. The minimum absolute atomic E-state index is 0.793. The highest BCUT2D eigenvalue weighted by molar-refractivity contribution is 7.99. The van der Waals surface area contributed by atoms with Gasteiger partial charge in [0, 0.05) is 11.4 Å². The highest BCUT2D eigenvalue weighted by Crippen LogP contribution is 2.37. The van der Waals surface area contributed by atoms with Crippen LogP contribution in [0.3, 0.4) is 0 Å². The van der Waals surface area contributed by atoms with Gasteiger partial charge in [-0.1, -0.05) is 42.4 Å². The van der Waals surface area contributed by atoms with E-state index in [0.717, 1.165) is 40.1 Å². The molecule has 0 bridgehead atoms. The molecule has 1 aromatic heterocycles. The summed E-state index contributed by atoms with van der Waals surface area (Å²) >= 11 is 8.00. The van der Waals surface area contributed by atoms with Gasteiger partial charge in [-0.25, -0.2) is 0 Å². The number of halogens is 1. The highest BCUT2D eigenvalue weighted by atomic mass is 35.5. The summed E-state index contributed by atoms with van der Waals surface area (Å²) in [6.07, 6.45) is 2.84. The maximum Gasteiger partial charge on any atom is 0.114 e. The minimum Gasteiger partial charge on any atom is -0.468 e. The van der Waals surface area contributed by atoms with E-state index in [1.54, 1.807) is 18.0 Å². The first-order valence-corrected chi connectivity index (χ1v) is 7.62. The van der Waals surface area contributed by atoms with Crippen molar-refractivity contribution in [2.75, 3.05) is 6.54 Å². The van der Waals surface area contributed by atoms with Gasteiger partial charge in [0.15, 0.2) is 0 Å². The van der Waals surface area contributed by atoms with Crippen LogP contribution in [-0.2, 0) is 6.54 Å². The first kappa shape index (κ1) is 14.5. The van der Waals surface area contributed by atoms with Crippen LogP contribution in [0.25, 0.3) is 0 Å². The molecule has 0 spiro atoms. The van der Waals surface area contributed by atoms with E-state index in [9.17, 15) is 0 Å². The molecule has 1 heterocycles. The summed E-state index contributed by atoms with van der Waals surface area (Å²) in [4.78, 5) is 2.22. The lowest BCUT2D eigenvalue weighted by molar-refractivity contribution is 0.527. The fraction of sp³-hybridized carbons (Fsp3) is 0.333. The summed E-state index contributed by atoms with van der Waals surface area (Å²) in [7, 11) is 0. The predicted molar refractivity (Wildman–Crippen MR) is 81.0 cm³/mol. The highest BCUT2D eigenvalue weighted by Gasteiger charge is 2.11. The van der Waals surface area contributed by atoms with Crippen molar-refractivity contribution in [1.29, 1.82) is 0 Å². The third-order valence-electron chi connectivity index (χ3n) is 2.81. The molecular weight excluding hydrogens is 278 g/mol. The van der Waals surface area contributed by atoms with Crippen LogP contribution < -0.4 is 5.32 Å². The Hall–Kier alpha value is -0.900. The van der Waals surface area contributed by atoms with Gasteiger partial charge in [0.1, 0.15) is 5.76 Å². The number of benzene rings is 1. The van der Waals surface area contributed by atoms with Crippen LogP contribution in [0.5, 0.6) is 0 Å². The molecule has 1 N–H and O–H groups in total. The SMILES string of the molecule is CCCNCc1cccc(Cl)c1Sc1ccoc1C. The van der Waals surface area contributed by atoms with Gasteiger partial charge in [-0.3, -0.25) is 0 Å². The monoisotopic (exact) mass is 295 g/mol. The summed E-state index contributed by atoms with van der Waals surface area (Å²) in [6.45, 7) is 5.98. The lowest BCUT2D eigenvalue weighted by atomic mass is 10.2. The zero-order chi connectivity index (χ0) is 13.7. The maximum absolute atomic E-state index is 6.33. The molecule has 102 valence electrons. The van der Waals surface area contributed by atoms with E-state index in [2.05, 4.69) is 18.3 Å². The molecule has 0 amide bonds. The van der Waals surface area contributed by atoms with Crippen molar-refractivity contribution >= 4 is 23.4 Å². The second kappa shape index (κ2) is 7.04. The van der Waals surface area contributed by atoms with Gasteiger partial charge in [-0.15, -0.1) is 0 Å². The molecule has 0 aliphatic rings. The van der Waals surface area contributed by atoms with Crippen molar-refractivity contribution in [2.24, 2.45) is 0 Å². The quantitative estimate of drug-likeness (QED) is 0.768. The lowest BCUT2D eigenvalue weighted by Crippen LogP contribution is -2.14. The average molecular weight is 296 g/mol. The molecule has 2 nitrogen and oxygen atoms in total. The molecule has 0 unspecified atom stereocenters. The van der Waals surface area contributed by atoms with Crippen LogP contribution in [0, 0.1) is 6.92 Å². The first-order valence-electron chi connectivity index (χ1n) is 6.42. The summed E-state index contributed by atoms with van der Waals surface area (Å²) in [5.74, 6) is 0.928. The summed E-state index contributed by atoms with van der Waals surface area (Å²) in [5.41, 5.74) is 1.23. The zero-order valence-electron chi connectivity index (χ0n) is 11.2. The van der Waals surface area contributed by atoms with Crippen molar-refractivity contribution in [3.8, 4) is 0 Å². The van der Waals surface area contributed by atoms with Gasteiger partial charge in [-0.2, -0.15) is 0 Å². The number of furan rings is 1. The zero-order valence-corrected chi connectivity index (χ0v) is 12.8. The number of aryl methyl sites for hydroxylation is 1. The maximum atomic E-state index is 6.33. The van der Waals surface area contributed by atoms with Crippen molar-refractivity contribution in [3.63, 3.8) is 0 Å². The van der Waals surface area contributed by atoms with Gasteiger partial charge in [0.05, 0.1) is 16.2 Å². The molecule has 2 rings (SSSR count). The third kappa shape index (κ3) is 3.78. The molecule has 0 atom stereocenters. The van der Waals surface area contributed by atoms with Crippen LogP contribution >= 0.6 is 23.4 Å². The van der Waals surface area contributed by atoms with Crippen LogP contribution in [0.4, 0.5) is 0 Å². The Morgan fingerprint density at radius 3 is 2.84 bits per heavy atom. The fourth-order valence-electron chi connectivity index (χ4n) is 1.80. The topological polar surface area (TPSA) is 25.2 Å². The summed E-state index contributed by atoms with van der Waals surface area (Å²) in [6, 6.07) is 8.03. The summed E-state index contributed by atoms with van der Waals surface area (Å²) in [5, 5.41) is 4.21. The Kier molecular flexibility index (Phi) is 5.37. The molecule has 0 saturated heterocycles. The van der Waals surface area contributed by atoms with E-state index in [-0.39, 0.29) is 0 Å². The largest absolute Gasteiger partial charge is 0.468 e. The number of nitrogens with one attached hydrogen (secondary N) is 1. The minimum atomic E-state index is 0.793. The predicted octanol–water partition coefficient (Wildman–Crippen LogP) is 4.89. The van der Waals surface area contributed by atoms with Gasteiger partial charge in [0.2, 0.25) is 0 Å². The van der Waals surface area contributed by atoms with E-state index in [4.69, 9.17) is 16.0 Å². The number of hydrogen-bond donors (Lipinski definition) is 1. The van der Waals surface area contributed by atoms with Gasteiger partial charge in [-0.05, 0) is 37.6 Å². The van der Waals surface area contributed by atoms with Crippen LogP contribution in [-0.4, -0.2) is 6.54 Å². The fourth-order valence-corrected chi connectivity index (χ4v) is 3.08. The first-order chi connectivity index (χ1) is 9.22. The standard InChI is InChI=1S/C15H18ClNOS/c1-3-8-17-10-12-5-4-6-13(16)15(12)19-14-7-9-18-11(14)2/h4-7,9,17H,3,8,10H2,1-2H3. The molecule has 1 aromatic carbocycles. The number of rotatable bonds is 6. The van der Waals surface area contributed by atoms with Gasteiger partial charge in [0.25, 0.3) is 0 Å². The molecule has 4 heteroatoms. The Labute approximate surface area is 123 Å². The van der Waals surface area contributed by atoms with Crippen molar-refractivity contribution in [2.45, 2.75) is 36.6 Å². The van der Waals surface area contributed by atoms with Crippen LogP contribution in [0.15, 0.2) is 44.7 Å². The molecule has 0 aliphatic heterocycles. The van der Waals surface area contributed by atoms with E-state index in [1.807, 2.05) is 25.1 Å². The second-order valence-electron chi connectivity index (χ2n) is 4.35. The Balaban J connectivity index is 2.20. The molecule has 0 fully saturated rings. The Bertz CT molecular complexity index is 539. The normalized spacial score (nSPS) is 10.9.